The molecule has 1 aromatic rings. The Bertz CT molecular complexity index is 453. The van der Waals surface area contributed by atoms with Crippen LogP contribution >= 0.6 is 0 Å². The van der Waals surface area contributed by atoms with Crippen molar-refractivity contribution in [3.05, 3.63) is 35.4 Å². The zero-order valence-electron chi connectivity index (χ0n) is 12.6. The van der Waals surface area contributed by atoms with Crippen LogP contribution in [-0.4, -0.2) is 29.7 Å². The molecule has 2 rings (SSSR count). The normalized spacial score (nSPS) is 16.0. The third-order valence-electron chi connectivity index (χ3n) is 3.54. The number of benzene rings is 1. The molecule has 1 N–H and O–H groups in total. The first-order valence-corrected chi connectivity index (χ1v) is 7.45. The number of nitrogens with one attached hydrogen (secondary N) is 1. The lowest BCUT2D eigenvalue weighted by Gasteiger charge is -2.23. The highest BCUT2D eigenvalue weighted by molar-refractivity contribution is 5.23. The standard InChI is InChI=1S/C16H23F3N2/c1-12(2)20-9-13-4-3-5-14(8-13)10-21(15-6-7-15)11-16(17,18)19/h3-5,8,12,15,20H,6-7,9-11H2,1-2H3. The topological polar surface area (TPSA) is 15.3 Å². The lowest BCUT2D eigenvalue weighted by Crippen LogP contribution is -2.35. The number of alkyl halides is 3. The van der Waals surface area contributed by atoms with E-state index in [1.54, 1.807) is 4.90 Å². The number of nitrogens with zero attached hydrogens (tertiary/aromatic N) is 1. The Kier molecular flexibility index (Phi) is 5.27. The molecule has 1 aliphatic rings. The van der Waals surface area contributed by atoms with E-state index in [0.29, 0.717) is 12.6 Å². The van der Waals surface area contributed by atoms with Gasteiger partial charge in [0.15, 0.2) is 0 Å². The van der Waals surface area contributed by atoms with Crippen LogP contribution < -0.4 is 5.32 Å². The van der Waals surface area contributed by atoms with Gasteiger partial charge in [0, 0.05) is 25.2 Å². The second-order valence-electron chi connectivity index (χ2n) is 6.11. The molecule has 21 heavy (non-hydrogen) atoms. The zero-order valence-corrected chi connectivity index (χ0v) is 12.6. The monoisotopic (exact) mass is 300 g/mol. The summed E-state index contributed by atoms with van der Waals surface area (Å²) in [6, 6.07) is 8.33. The fraction of sp³-hybridized carbons (Fsp3) is 0.625. The van der Waals surface area contributed by atoms with Crippen LogP contribution in [0.3, 0.4) is 0 Å². The van der Waals surface area contributed by atoms with Crippen LogP contribution in [0.2, 0.25) is 0 Å². The number of hydrogen-bond acceptors (Lipinski definition) is 2. The summed E-state index contributed by atoms with van der Waals surface area (Å²) in [6.45, 7) is 4.45. The summed E-state index contributed by atoms with van der Waals surface area (Å²) in [4.78, 5) is 1.55. The predicted molar refractivity (Wildman–Crippen MR) is 77.9 cm³/mol. The Morgan fingerprint density at radius 1 is 1.24 bits per heavy atom. The Morgan fingerprint density at radius 2 is 1.90 bits per heavy atom. The van der Waals surface area contributed by atoms with Gasteiger partial charge in [-0.15, -0.1) is 0 Å². The fourth-order valence-corrected chi connectivity index (χ4v) is 2.38. The Balaban J connectivity index is 1.98. The van der Waals surface area contributed by atoms with Gasteiger partial charge in [0.25, 0.3) is 0 Å². The van der Waals surface area contributed by atoms with E-state index >= 15 is 0 Å². The lowest BCUT2D eigenvalue weighted by molar-refractivity contribution is -0.148. The van der Waals surface area contributed by atoms with E-state index < -0.39 is 12.7 Å². The van der Waals surface area contributed by atoms with Gasteiger partial charge >= 0.3 is 6.18 Å². The second kappa shape index (κ2) is 6.79. The van der Waals surface area contributed by atoms with Crippen LogP contribution in [0.4, 0.5) is 13.2 Å². The molecule has 1 saturated carbocycles. The minimum Gasteiger partial charge on any atom is -0.310 e. The third-order valence-corrected chi connectivity index (χ3v) is 3.54. The Morgan fingerprint density at radius 3 is 2.48 bits per heavy atom. The molecule has 2 nitrogen and oxygen atoms in total. The van der Waals surface area contributed by atoms with E-state index in [1.165, 1.54) is 0 Å². The summed E-state index contributed by atoms with van der Waals surface area (Å²) in [6.07, 6.45) is -2.37. The smallest absolute Gasteiger partial charge is 0.310 e. The average molecular weight is 300 g/mol. The summed E-state index contributed by atoms with van der Waals surface area (Å²) >= 11 is 0. The summed E-state index contributed by atoms with van der Waals surface area (Å²) in [5, 5.41) is 3.32. The quantitative estimate of drug-likeness (QED) is 0.826. The molecule has 1 aromatic carbocycles. The highest BCUT2D eigenvalue weighted by Gasteiger charge is 2.37. The van der Waals surface area contributed by atoms with Gasteiger partial charge in [-0.2, -0.15) is 13.2 Å². The van der Waals surface area contributed by atoms with Gasteiger partial charge in [-0.25, -0.2) is 0 Å². The highest BCUT2D eigenvalue weighted by Crippen LogP contribution is 2.31. The molecule has 118 valence electrons. The number of rotatable bonds is 7. The molecule has 5 heteroatoms. The Labute approximate surface area is 124 Å². The van der Waals surface area contributed by atoms with Crippen molar-refractivity contribution in [1.29, 1.82) is 0 Å². The molecule has 0 bridgehead atoms. The fourth-order valence-electron chi connectivity index (χ4n) is 2.38. The van der Waals surface area contributed by atoms with Crippen molar-refractivity contribution in [2.75, 3.05) is 6.54 Å². The lowest BCUT2D eigenvalue weighted by atomic mass is 10.1. The Hall–Kier alpha value is -1.07. The van der Waals surface area contributed by atoms with Crippen molar-refractivity contribution in [2.45, 2.75) is 58.0 Å². The van der Waals surface area contributed by atoms with Crippen molar-refractivity contribution in [3.63, 3.8) is 0 Å². The van der Waals surface area contributed by atoms with Crippen molar-refractivity contribution in [1.82, 2.24) is 10.2 Å². The molecular formula is C16H23F3N2. The van der Waals surface area contributed by atoms with Crippen LogP contribution in [0.25, 0.3) is 0 Å². The van der Waals surface area contributed by atoms with E-state index in [-0.39, 0.29) is 6.04 Å². The predicted octanol–water partition coefficient (Wildman–Crippen LogP) is 3.71. The molecule has 0 spiro atoms. The van der Waals surface area contributed by atoms with Crippen molar-refractivity contribution in [2.24, 2.45) is 0 Å². The van der Waals surface area contributed by atoms with Crippen molar-refractivity contribution >= 4 is 0 Å². The molecule has 0 radical (unpaired) electrons. The van der Waals surface area contributed by atoms with Gasteiger partial charge in [0.1, 0.15) is 0 Å². The first kappa shape index (κ1) is 16.3. The third kappa shape index (κ3) is 6.06. The van der Waals surface area contributed by atoms with E-state index in [9.17, 15) is 13.2 Å². The van der Waals surface area contributed by atoms with E-state index in [2.05, 4.69) is 19.2 Å². The molecule has 0 aliphatic heterocycles. The molecule has 1 fully saturated rings. The molecule has 0 unspecified atom stereocenters. The van der Waals surface area contributed by atoms with Gasteiger partial charge in [0.2, 0.25) is 0 Å². The maximum Gasteiger partial charge on any atom is 0.401 e. The highest BCUT2D eigenvalue weighted by atomic mass is 19.4. The largest absolute Gasteiger partial charge is 0.401 e. The van der Waals surface area contributed by atoms with Crippen LogP contribution in [0.1, 0.15) is 37.8 Å². The number of hydrogen-bond donors (Lipinski definition) is 1. The first-order valence-electron chi connectivity index (χ1n) is 7.45. The van der Waals surface area contributed by atoms with Crippen molar-refractivity contribution in [3.8, 4) is 0 Å². The summed E-state index contributed by atoms with van der Waals surface area (Å²) in [7, 11) is 0. The molecule has 0 amide bonds. The van der Waals surface area contributed by atoms with Gasteiger partial charge in [-0.1, -0.05) is 38.1 Å². The van der Waals surface area contributed by atoms with Crippen LogP contribution in [0.15, 0.2) is 24.3 Å². The molecule has 0 aromatic heterocycles. The minimum atomic E-state index is -4.13. The van der Waals surface area contributed by atoms with Gasteiger partial charge < -0.3 is 5.32 Å². The molecule has 0 heterocycles. The summed E-state index contributed by atoms with van der Waals surface area (Å²) in [5.41, 5.74) is 2.07. The minimum absolute atomic E-state index is 0.101. The van der Waals surface area contributed by atoms with E-state index in [4.69, 9.17) is 0 Å². The van der Waals surface area contributed by atoms with Crippen molar-refractivity contribution < 1.29 is 13.2 Å². The van der Waals surface area contributed by atoms with Gasteiger partial charge in [-0.05, 0) is 24.0 Å². The number of halogens is 3. The van der Waals surface area contributed by atoms with Gasteiger partial charge in [-0.3, -0.25) is 4.90 Å². The van der Waals surface area contributed by atoms with Crippen LogP contribution in [0.5, 0.6) is 0 Å². The van der Waals surface area contributed by atoms with Crippen LogP contribution in [-0.2, 0) is 13.1 Å². The van der Waals surface area contributed by atoms with E-state index in [1.807, 2.05) is 24.3 Å². The molecule has 1 aliphatic carbocycles. The van der Waals surface area contributed by atoms with Crippen LogP contribution in [0, 0.1) is 0 Å². The molecular weight excluding hydrogens is 277 g/mol. The average Bonchev–Trinajstić information content (AvgIpc) is 3.18. The maximum absolute atomic E-state index is 12.6. The molecule has 0 atom stereocenters. The van der Waals surface area contributed by atoms with Gasteiger partial charge in [0.05, 0.1) is 6.54 Å². The SMILES string of the molecule is CC(C)NCc1cccc(CN(CC(F)(F)F)C2CC2)c1. The summed E-state index contributed by atoms with van der Waals surface area (Å²) < 4.78 is 37.9. The summed E-state index contributed by atoms with van der Waals surface area (Å²) in [5.74, 6) is 0. The maximum atomic E-state index is 12.6. The first-order chi connectivity index (χ1) is 9.83. The molecule has 0 saturated heterocycles. The second-order valence-corrected chi connectivity index (χ2v) is 6.11. The van der Waals surface area contributed by atoms with E-state index in [0.717, 1.165) is 30.5 Å². The zero-order chi connectivity index (χ0) is 15.5.